The predicted octanol–water partition coefficient (Wildman–Crippen LogP) is 0.768. The quantitative estimate of drug-likeness (QED) is 0.0376. The Balaban J connectivity index is 0.000000147. The molecule has 616 valence electrons. The molecule has 18 rings (SSSR count). The summed E-state index contributed by atoms with van der Waals surface area (Å²) in [6.45, 7) is 10.1. The molecule has 2 atom stereocenters. The third-order valence-corrected chi connectivity index (χ3v) is 18.4. The fourth-order valence-electron chi connectivity index (χ4n) is 12.1. The van der Waals surface area contributed by atoms with E-state index in [1.54, 1.807) is 73.8 Å². The zero-order valence-electron chi connectivity index (χ0n) is 65.8. The van der Waals surface area contributed by atoms with Crippen molar-refractivity contribution < 1.29 is 77.6 Å². The Morgan fingerprint density at radius 2 is 0.802 bits per heavy atom. The van der Waals surface area contributed by atoms with Gasteiger partial charge in [-0.15, -0.1) is 19.2 Å². The first-order valence-electron chi connectivity index (χ1n) is 36.3. The molecule has 0 amide bonds. The number of nitrogens with zero attached hydrogens (tertiary/aromatic N) is 28. The number of hydrogen-bond acceptors (Lipinski definition) is 36. The van der Waals surface area contributed by atoms with Gasteiger partial charge in [0.05, 0.1) is 76.0 Å². The van der Waals surface area contributed by atoms with Crippen LogP contribution in [0, 0.1) is 27.7 Å². The summed E-state index contributed by atoms with van der Waals surface area (Å²) in [5, 5.41) is 59.4. The number of carbonyl (C=O) groups excluding carboxylic acids is 3. The average molecular weight is 1660 g/mol. The van der Waals surface area contributed by atoms with Crippen LogP contribution in [0.15, 0.2) is 148 Å². The number of hydrogen-bond donors (Lipinski definition) is 8. The summed E-state index contributed by atoms with van der Waals surface area (Å²) < 4.78 is 27.6. The molecule has 2 fully saturated rings. The van der Waals surface area contributed by atoms with E-state index in [-0.39, 0.29) is 99.1 Å². The number of Topliss-reactive ketones (excluding diaryl/α,β-unsaturated/α-hetero) is 1. The number of methoxy groups -OCH3 is 2. The number of halogens is 1. The minimum Gasteiger partial charge on any atom is -0.870 e. The molecule has 0 aromatic carbocycles. The van der Waals surface area contributed by atoms with E-state index in [0.29, 0.717) is 70.8 Å². The molecule has 18 heterocycles. The predicted molar refractivity (Wildman–Crippen MR) is 429 cm³/mol. The zero-order valence-corrected chi connectivity index (χ0v) is 66.5. The first-order valence-corrected chi connectivity index (χ1v) is 36.7. The van der Waals surface area contributed by atoms with Crippen LogP contribution in [-0.2, 0) is 18.9 Å². The molecule has 0 radical (unpaired) electrons. The number of carboxylic acids is 1. The van der Waals surface area contributed by atoms with Gasteiger partial charge in [0.1, 0.15) is 45.4 Å². The molecule has 2 saturated heterocycles. The first-order chi connectivity index (χ1) is 57.5. The van der Waals surface area contributed by atoms with Gasteiger partial charge < -0.3 is 85.8 Å². The topological polar surface area (TPSA) is 621 Å². The first kappa shape index (κ1) is 87.5. The van der Waals surface area contributed by atoms with Crippen molar-refractivity contribution in [3.8, 4) is 57.0 Å². The minimum atomic E-state index is -1.42. The van der Waals surface area contributed by atoms with E-state index in [0.717, 1.165) is 88.2 Å². The molecule has 0 aliphatic carbocycles. The standard InChI is InChI=1S/C21H22N8O2.C16H14N8O2.C15H12N8O2.C8H9BN2O2.C8H7ClN6O2.C5H11NO.Li.H2O/c1-13-11-23-17-7-4-14(12-28(13)17)18-21(29-24-8-9-25-29)27-20(22)19(26-18)16(30)6-5-15-3-2-10-31-15;1-9-7-18-11-4-3-10(8-23(9)11)12-15(24-19-5-6-20-24)22-14(17)13(21-12)16(25)26-2;1-8-6-17-10-3-2-9(7-22(8)10)11-14(23-18-4-5-19-23)21-13(16)12(20-11)15(24)25;1-6-4-10-8-3-2-7(9(12)13)5-11(6)8;1-17-8(16)4-6(10)14-7(5(9)13-4)15-11-2-3-12-15;6-4-5-2-1-3-7-5;;/h4,7-9,11-12,15H,2-3,5-6,10H2,1H3,(H2,22,27);3-8H,1-2H3,(H2,17,22);2-7H,1H3,(H2,16,21)(H,24,25);2-5,12-13H,1H3;2-3H,1H3,(H2,10,14);5H,1-4,6H2;;1H2/q;;;;;;+1;/p-1/t15-;;;;;5-;;/m1....1../s1. The van der Waals surface area contributed by atoms with Crippen LogP contribution in [0.1, 0.15) is 103 Å². The maximum Gasteiger partial charge on any atom is 1.00 e. The second kappa shape index (κ2) is 39.3. The number of fused-ring (bicyclic) bond motifs is 4. The van der Waals surface area contributed by atoms with Gasteiger partial charge in [0.25, 0.3) is 0 Å². The van der Waals surface area contributed by atoms with Crippen molar-refractivity contribution in [3.63, 3.8) is 0 Å². The van der Waals surface area contributed by atoms with Crippen LogP contribution in [0.4, 0.5) is 23.3 Å². The SMILES string of the molecule is COC(=O)c1nc(-c2ccc3ncc(C)n3c2)c(-n2nccn2)nc1N.COC(=O)c1nc(Cl)c(-n2nccn2)nc1N.Cc1cnc2ccc(-c3nc(C(=O)CC[C@H]4CCCO4)c(N)nc3-n3nccn3)cn12.Cc1cnc2ccc(-c3nc(C(=O)O)c(N)nc3-n3nccn3)cn12.Cc1cnc2ccc(B(O)O)cn12.NC[C@H]1CCCO1.[Li+].[OH-]. The Morgan fingerprint density at radius 3 is 1.16 bits per heavy atom. The Labute approximate surface area is 701 Å². The second-order valence-corrected chi connectivity index (χ2v) is 26.4. The number of imidazole rings is 4. The number of pyridine rings is 4. The van der Waals surface area contributed by atoms with Crippen molar-refractivity contribution in [2.75, 3.05) is 56.9 Å². The fourth-order valence-corrected chi connectivity index (χ4v) is 12.3. The summed E-state index contributed by atoms with van der Waals surface area (Å²) in [7, 11) is 1.04. The molecule has 16 aromatic rings. The van der Waals surface area contributed by atoms with Crippen LogP contribution in [0.2, 0.25) is 5.15 Å². The van der Waals surface area contributed by atoms with E-state index in [1.807, 2.05) is 82.0 Å². The number of carbonyl (C=O) groups is 4. The molecule has 121 heavy (non-hydrogen) atoms. The molecule has 16 aromatic heterocycles. The monoisotopic (exact) mass is 1660 g/mol. The molecule has 0 bridgehead atoms. The van der Waals surface area contributed by atoms with Crippen LogP contribution in [-0.4, -0.2) is 235 Å². The van der Waals surface area contributed by atoms with Crippen LogP contribution < -0.4 is 53.0 Å². The number of aromatic carboxylic acids is 1. The van der Waals surface area contributed by atoms with Gasteiger partial charge in [-0.25, -0.2) is 74.2 Å². The molecular weight excluding hydrogens is 1580 g/mol. The molecule has 0 spiro atoms. The summed E-state index contributed by atoms with van der Waals surface area (Å²) in [5.41, 5.74) is 39.0. The van der Waals surface area contributed by atoms with E-state index in [4.69, 9.17) is 64.5 Å². The summed E-state index contributed by atoms with van der Waals surface area (Å²) >= 11 is 5.86. The van der Waals surface area contributed by atoms with E-state index >= 15 is 0 Å². The average Bonchev–Trinajstić information content (AvgIpc) is 1.76. The third kappa shape index (κ3) is 19.9. The van der Waals surface area contributed by atoms with Gasteiger partial charge in [0, 0.05) is 115 Å². The Bertz CT molecular complexity index is 6300. The molecular formula is C73H76BClLiN33O12. The zero-order chi connectivity index (χ0) is 84.1. The second-order valence-electron chi connectivity index (χ2n) is 26.1. The van der Waals surface area contributed by atoms with Crippen LogP contribution >= 0.6 is 11.6 Å². The van der Waals surface area contributed by atoms with Crippen molar-refractivity contribution >= 4 is 93.7 Å². The third-order valence-electron chi connectivity index (χ3n) is 18.1. The number of ether oxygens (including phenoxy) is 4. The van der Waals surface area contributed by atoms with E-state index in [1.165, 1.54) is 72.2 Å². The molecule has 0 saturated carbocycles. The summed E-state index contributed by atoms with van der Waals surface area (Å²) in [6.07, 6.45) is 32.1. The van der Waals surface area contributed by atoms with Crippen molar-refractivity contribution in [3.05, 3.63) is 198 Å². The molecule has 14 N–H and O–H groups in total. The maximum absolute atomic E-state index is 12.9. The molecule has 2 aliphatic heterocycles. The Morgan fingerprint density at radius 1 is 0.471 bits per heavy atom. The number of anilines is 4. The summed E-state index contributed by atoms with van der Waals surface area (Å²) in [6, 6.07) is 14.4. The molecule has 45 nitrogen and oxygen atoms in total. The maximum atomic E-state index is 12.9. The van der Waals surface area contributed by atoms with E-state index in [2.05, 4.69) is 105 Å². The van der Waals surface area contributed by atoms with E-state index in [9.17, 15) is 24.3 Å². The van der Waals surface area contributed by atoms with Crippen LogP contribution in [0.5, 0.6) is 0 Å². The van der Waals surface area contributed by atoms with Gasteiger partial charge in [-0.3, -0.25) is 4.79 Å². The molecule has 0 unspecified atom stereocenters. The van der Waals surface area contributed by atoms with Crippen LogP contribution in [0.3, 0.4) is 0 Å². The Kier molecular flexibility index (Phi) is 28.4. The Hall–Kier alpha value is -14.4. The number of rotatable bonds is 16. The smallest absolute Gasteiger partial charge is 0.870 e. The van der Waals surface area contributed by atoms with Crippen LogP contribution in [0.25, 0.3) is 79.6 Å². The van der Waals surface area contributed by atoms with Gasteiger partial charge in [-0.05, 0) is 108 Å². The normalized spacial score (nSPS) is 13.2. The number of ketones is 1. The van der Waals surface area contributed by atoms with Gasteiger partial charge in [-0.1, -0.05) is 17.7 Å². The van der Waals surface area contributed by atoms with Gasteiger partial charge in [0.15, 0.2) is 51.3 Å². The number of esters is 2. The number of nitrogen functional groups attached to an aromatic ring is 4. The molecule has 2 aliphatic rings. The van der Waals surface area contributed by atoms with E-state index < -0.39 is 25.0 Å². The van der Waals surface area contributed by atoms with Crippen molar-refractivity contribution in [2.45, 2.75) is 78.4 Å². The van der Waals surface area contributed by atoms with Gasteiger partial charge >= 0.3 is 43.9 Å². The minimum absolute atomic E-state index is 0. The van der Waals surface area contributed by atoms with Crippen molar-refractivity contribution in [1.29, 1.82) is 0 Å². The van der Waals surface area contributed by atoms with Crippen molar-refractivity contribution in [2.24, 2.45) is 5.73 Å². The number of carboxylic acid groups (broad SMARTS) is 1. The number of nitrogens with two attached hydrogens (primary N) is 5. The number of aromatic nitrogens is 28. The summed E-state index contributed by atoms with van der Waals surface area (Å²) in [5.74, 6) is -2.06. The van der Waals surface area contributed by atoms with Gasteiger partial charge in [0.2, 0.25) is 23.3 Å². The summed E-state index contributed by atoms with van der Waals surface area (Å²) in [4.78, 5) is 104. The molecule has 48 heteroatoms. The van der Waals surface area contributed by atoms with Crippen molar-refractivity contribution in [1.82, 2.24) is 137 Å². The number of aryl methyl sites for hydroxylation is 4. The van der Waals surface area contributed by atoms with Gasteiger partial charge in [-0.2, -0.15) is 40.8 Å². The largest absolute Gasteiger partial charge is 1.00 e. The fraction of sp³-hybridized carbons (Fsp3) is 0.233.